The van der Waals surface area contributed by atoms with Crippen molar-refractivity contribution in [3.8, 4) is 0 Å². The van der Waals surface area contributed by atoms with Gasteiger partial charge in [0.05, 0.1) is 5.54 Å². The van der Waals surface area contributed by atoms with Gasteiger partial charge in [-0.15, -0.1) is 0 Å². The number of rotatable bonds is 3. The average molecular weight is 321 g/mol. The van der Waals surface area contributed by atoms with Crippen molar-refractivity contribution in [2.75, 3.05) is 11.9 Å². The number of likely N-dealkylation sites (N-methyl/N-ethyl adjacent to an activating group) is 1. The third-order valence-electron chi connectivity index (χ3n) is 4.31. The Labute approximate surface area is 143 Å². The molecule has 1 atom stereocenters. The van der Waals surface area contributed by atoms with Gasteiger partial charge < -0.3 is 10.2 Å². The van der Waals surface area contributed by atoms with Gasteiger partial charge in [0, 0.05) is 19.2 Å². The Balaban J connectivity index is 1.92. The number of benzene rings is 2. The van der Waals surface area contributed by atoms with Crippen LogP contribution in [-0.2, 0) is 11.2 Å². The summed E-state index contributed by atoms with van der Waals surface area (Å²) in [6, 6.07) is 19.7. The van der Waals surface area contributed by atoms with E-state index in [4.69, 9.17) is 4.99 Å². The summed E-state index contributed by atoms with van der Waals surface area (Å²) in [4.78, 5) is 19.4. The van der Waals surface area contributed by atoms with Crippen LogP contribution in [0.4, 0.5) is 5.69 Å². The maximum absolute atomic E-state index is 12.5. The molecule has 1 aliphatic heterocycles. The zero-order valence-corrected chi connectivity index (χ0v) is 14.4. The monoisotopic (exact) mass is 321 g/mol. The van der Waals surface area contributed by atoms with Gasteiger partial charge >= 0.3 is 0 Å². The minimum absolute atomic E-state index is 0.0194. The van der Waals surface area contributed by atoms with Crippen LogP contribution < -0.4 is 10.2 Å². The highest BCUT2D eigenvalue weighted by atomic mass is 16.2. The van der Waals surface area contributed by atoms with Crippen LogP contribution in [0.25, 0.3) is 0 Å². The summed E-state index contributed by atoms with van der Waals surface area (Å²) in [6.45, 7) is 3.98. The first kappa shape index (κ1) is 16.2. The van der Waals surface area contributed by atoms with Gasteiger partial charge in [0.2, 0.25) is 5.91 Å². The molecule has 3 rings (SSSR count). The van der Waals surface area contributed by atoms with E-state index in [9.17, 15) is 4.79 Å². The van der Waals surface area contributed by atoms with E-state index >= 15 is 0 Å². The molecule has 1 amide bonds. The number of para-hydroxylation sites is 1. The van der Waals surface area contributed by atoms with Gasteiger partial charge in [-0.1, -0.05) is 48.5 Å². The van der Waals surface area contributed by atoms with Crippen LogP contribution in [-0.4, -0.2) is 30.4 Å². The first-order valence-corrected chi connectivity index (χ1v) is 8.20. The van der Waals surface area contributed by atoms with E-state index in [-0.39, 0.29) is 5.91 Å². The molecule has 0 saturated carbocycles. The fraction of sp³-hybridized carbons (Fsp3) is 0.300. The number of amides is 1. The Hall–Kier alpha value is -2.62. The van der Waals surface area contributed by atoms with Crippen molar-refractivity contribution < 1.29 is 4.79 Å². The molecular weight excluding hydrogens is 298 g/mol. The summed E-state index contributed by atoms with van der Waals surface area (Å²) in [5.41, 5.74) is 1.66. The summed E-state index contributed by atoms with van der Waals surface area (Å²) in [5, 5.41) is 3.12. The normalized spacial score (nSPS) is 19.4. The van der Waals surface area contributed by atoms with Crippen LogP contribution in [0.1, 0.15) is 19.4 Å². The van der Waals surface area contributed by atoms with Crippen LogP contribution >= 0.6 is 0 Å². The van der Waals surface area contributed by atoms with Crippen molar-refractivity contribution in [1.29, 1.82) is 0 Å². The van der Waals surface area contributed by atoms with Gasteiger partial charge in [0.15, 0.2) is 0 Å². The fourth-order valence-corrected chi connectivity index (χ4v) is 3.07. The van der Waals surface area contributed by atoms with Gasteiger partial charge in [-0.25, -0.2) is 0 Å². The van der Waals surface area contributed by atoms with Gasteiger partial charge in [-0.3, -0.25) is 9.79 Å². The topological polar surface area (TPSA) is 44.7 Å². The average Bonchev–Trinajstić information content (AvgIpc) is 2.58. The number of carbonyl (C=O) groups is 1. The van der Waals surface area contributed by atoms with Crippen LogP contribution in [0.3, 0.4) is 0 Å². The molecule has 0 bridgehead atoms. The van der Waals surface area contributed by atoms with E-state index in [2.05, 4.69) is 10.2 Å². The lowest BCUT2D eigenvalue weighted by atomic mass is 9.96. The lowest BCUT2D eigenvalue weighted by Crippen LogP contribution is -2.61. The van der Waals surface area contributed by atoms with E-state index < -0.39 is 11.6 Å². The van der Waals surface area contributed by atoms with Crippen LogP contribution in [0.2, 0.25) is 0 Å². The smallest absolute Gasteiger partial charge is 0.245 e. The number of hydrogen-bond donors (Lipinski definition) is 1. The van der Waals surface area contributed by atoms with Gasteiger partial charge in [-0.05, 0) is 31.5 Å². The number of nitrogens with zero attached hydrogens (tertiary/aromatic N) is 2. The molecule has 1 aliphatic rings. The molecule has 2 aromatic rings. The molecule has 0 aliphatic carbocycles. The minimum atomic E-state index is -0.505. The molecule has 0 spiro atoms. The Kier molecular flexibility index (Phi) is 4.38. The van der Waals surface area contributed by atoms with Crippen molar-refractivity contribution in [1.82, 2.24) is 5.32 Å². The summed E-state index contributed by atoms with van der Waals surface area (Å²) >= 11 is 0. The van der Waals surface area contributed by atoms with Crippen molar-refractivity contribution >= 4 is 17.4 Å². The van der Waals surface area contributed by atoms with E-state index in [1.165, 1.54) is 0 Å². The molecule has 2 aromatic carbocycles. The lowest BCUT2D eigenvalue weighted by molar-refractivity contribution is -0.123. The molecule has 0 radical (unpaired) electrons. The molecule has 1 heterocycles. The quantitative estimate of drug-likeness (QED) is 0.944. The van der Waals surface area contributed by atoms with E-state index in [1.807, 2.05) is 81.6 Å². The third-order valence-corrected chi connectivity index (χ3v) is 4.31. The highest BCUT2D eigenvalue weighted by Gasteiger charge is 2.38. The maximum Gasteiger partial charge on any atom is 0.245 e. The van der Waals surface area contributed by atoms with Crippen molar-refractivity contribution in [2.45, 2.75) is 31.8 Å². The van der Waals surface area contributed by atoms with Crippen LogP contribution in [0.5, 0.6) is 0 Å². The Morgan fingerprint density at radius 2 is 1.62 bits per heavy atom. The molecular formula is C20H23N3O. The highest BCUT2D eigenvalue weighted by molar-refractivity contribution is 6.08. The third kappa shape index (κ3) is 3.32. The molecule has 0 saturated heterocycles. The second kappa shape index (κ2) is 6.48. The summed E-state index contributed by atoms with van der Waals surface area (Å²) in [5.74, 6) is 0.850. The number of anilines is 1. The number of carbonyl (C=O) groups excluding carboxylic acids is 1. The van der Waals surface area contributed by atoms with Gasteiger partial charge in [0.1, 0.15) is 11.9 Å². The van der Waals surface area contributed by atoms with Gasteiger partial charge in [0.25, 0.3) is 0 Å². The predicted octanol–water partition coefficient (Wildman–Crippen LogP) is 3.04. The SMILES string of the molecule is CN(C1=N[C@@H](Cc2ccccc2)C(=O)NC1(C)C)c1ccccc1. The fourth-order valence-electron chi connectivity index (χ4n) is 3.07. The predicted molar refractivity (Wildman–Crippen MR) is 98.4 cm³/mol. The first-order chi connectivity index (χ1) is 11.5. The van der Waals surface area contributed by atoms with Gasteiger partial charge in [-0.2, -0.15) is 0 Å². The number of nitrogens with one attached hydrogen (secondary N) is 1. The minimum Gasteiger partial charge on any atom is -0.342 e. The second-order valence-electron chi connectivity index (χ2n) is 6.67. The molecule has 1 N–H and O–H groups in total. The van der Waals surface area contributed by atoms with E-state index in [0.29, 0.717) is 6.42 Å². The first-order valence-electron chi connectivity index (χ1n) is 8.20. The Morgan fingerprint density at radius 3 is 2.25 bits per heavy atom. The van der Waals surface area contributed by atoms with Crippen molar-refractivity contribution in [3.05, 3.63) is 66.2 Å². The van der Waals surface area contributed by atoms with Crippen LogP contribution in [0.15, 0.2) is 65.7 Å². The largest absolute Gasteiger partial charge is 0.342 e. The molecule has 0 aromatic heterocycles. The molecule has 4 nitrogen and oxygen atoms in total. The Bertz CT molecular complexity index is 738. The Morgan fingerprint density at radius 1 is 1.04 bits per heavy atom. The maximum atomic E-state index is 12.5. The zero-order chi connectivity index (χ0) is 17.2. The van der Waals surface area contributed by atoms with E-state index in [0.717, 1.165) is 17.1 Å². The summed E-state index contributed by atoms with van der Waals surface area (Å²) in [6.07, 6.45) is 0.606. The second-order valence-corrected chi connectivity index (χ2v) is 6.67. The van der Waals surface area contributed by atoms with Crippen LogP contribution in [0, 0.1) is 0 Å². The molecule has 124 valence electrons. The zero-order valence-electron chi connectivity index (χ0n) is 14.4. The highest BCUT2D eigenvalue weighted by Crippen LogP contribution is 2.22. The molecule has 4 heteroatoms. The summed E-state index contributed by atoms with van der Waals surface area (Å²) < 4.78 is 0. The standard InChI is InChI=1S/C20H23N3O/c1-20(2)19(23(3)16-12-8-5-9-13-16)21-17(18(24)22-20)14-15-10-6-4-7-11-15/h4-13,17H,14H2,1-3H3,(H,22,24)/t17-/m0/s1. The molecule has 0 fully saturated rings. The van der Waals surface area contributed by atoms with E-state index in [1.54, 1.807) is 0 Å². The summed E-state index contributed by atoms with van der Waals surface area (Å²) in [7, 11) is 1.99. The number of aliphatic imine (C=N–C) groups is 1. The van der Waals surface area contributed by atoms with Crippen molar-refractivity contribution in [3.63, 3.8) is 0 Å². The molecule has 0 unspecified atom stereocenters. The lowest BCUT2D eigenvalue weighted by Gasteiger charge is -2.39. The number of hydrogen-bond acceptors (Lipinski definition) is 3. The number of amidine groups is 1. The van der Waals surface area contributed by atoms with Crippen molar-refractivity contribution in [2.24, 2.45) is 4.99 Å². The molecule has 24 heavy (non-hydrogen) atoms.